The second kappa shape index (κ2) is 18.0. The molecule has 0 saturated carbocycles. The van der Waals surface area contributed by atoms with E-state index in [-0.39, 0.29) is 11.8 Å². The van der Waals surface area contributed by atoms with Gasteiger partial charge in [-0.1, -0.05) is 31.9 Å². The Balaban J connectivity index is 1.85. The van der Waals surface area contributed by atoms with E-state index in [0.29, 0.717) is 56.6 Å². The number of unbranched alkanes of at least 4 members (excludes halogenated alkanes) is 3. The summed E-state index contributed by atoms with van der Waals surface area (Å²) >= 11 is 0. The van der Waals surface area contributed by atoms with Crippen LogP contribution in [0.1, 0.15) is 134 Å². The van der Waals surface area contributed by atoms with Crippen molar-refractivity contribution in [2.75, 3.05) is 32.7 Å². The van der Waals surface area contributed by atoms with E-state index in [1.165, 1.54) is 4.90 Å². The lowest BCUT2D eigenvalue weighted by molar-refractivity contribution is 0.0419. The number of nitrogens with one attached hydrogen (secondary N) is 3. The number of imide groups is 1. The van der Waals surface area contributed by atoms with E-state index in [1.807, 2.05) is 55.4 Å². The average molecular weight is 677 g/mol. The summed E-state index contributed by atoms with van der Waals surface area (Å²) in [6.07, 6.45) is 5.47. The van der Waals surface area contributed by atoms with Crippen molar-refractivity contribution in [2.24, 2.45) is 5.84 Å². The summed E-state index contributed by atoms with van der Waals surface area (Å²) < 4.78 is 11.0. The summed E-state index contributed by atoms with van der Waals surface area (Å²) in [6.45, 7) is 19.8. The van der Waals surface area contributed by atoms with E-state index in [4.69, 9.17) is 15.3 Å². The third-order valence-electron chi connectivity index (χ3n) is 8.04. The zero-order valence-corrected chi connectivity index (χ0v) is 30.9. The summed E-state index contributed by atoms with van der Waals surface area (Å²) in [5, 5.41) is 11.3. The van der Waals surface area contributed by atoms with Crippen LogP contribution < -0.4 is 21.8 Å². The molecule has 1 aromatic carbocycles. The van der Waals surface area contributed by atoms with Crippen LogP contribution in [0.25, 0.3) is 0 Å². The fraction of sp³-hybridized carbons (Fsp3) is 0.722. The molecule has 4 amide bonds. The van der Waals surface area contributed by atoms with Crippen LogP contribution in [0.4, 0.5) is 9.59 Å². The van der Waals surface area contributed by atoms with Gasteiger partial charge in [0.2, 0.25) is 0 Å². The van der Waals surface area contributed by atoms with Crippen molar-refractivity contribution >= 4 is 24.0 Å². The Labute approximate surface area is 288 Å². The maximum absolute atomic E-state index is 12.7. The van der Waals surface area contributed by atoms with Gasteiger partial charge in [-0.25, -0.2) is 14.6 Å². The van der Waals surface area contributed by atoms with Crippen molar-refractivity contribution in [3.05, 3.63) is 35.4 Å². The molecular formula is C36H62N6O6. The van der Waals surface area contributed by atoms with Gasteiger partial charge in [0.05, 0.1) is 22.2 Å². The lowest BCUT2D eigenvalue weighted by atomic mass is 9.94. The van der Waals surface area contributed by atoms with Crippen molar-refractivity contribution < 1.29 is 28.7 Å². The highest BCUT2D eigenvalue weighted by Gasteiger charge is 2.35. The van der Waals surface area contributed by atoms with Gasteiger partial charge in [-0.15, -0.1) is 0 Å². The molecule has 12 heteroatoms. The lowest BCUT2D eigenvalue weighted by Crippen LogP contribution is -2.56. The minimum Gasteiger partial charge on any atom is -0.444 e. The molecule has 1 aliphatic heterocycles. The molecular weight excluding hydrogens is 614 g/mol. The van der Waals surface area contributed by atoms with E-state index >= 15 is 0 Å². The first-order chi connectivity index (χ1) is 22.3. The zero-order chi connectivity index (χ0) is 36.2. The molecule has 2 rings (SSSR count). The van der Waals surface area contributed by atoms with Crippen LogP contribution in [0.5, 0.6) is 0 Å². The fourth-order valence-electron chi connectivity index (χ4n) is 5.73. The molecule has 1 aromatic rings. The highest BCUT2D eigenvalue weighted by atomic mass is 16.6. The summed E-state index contributed by atoms with van der Waals surface area (Å²) in [5.41, 5.74) is -1.44. The Bertz CT molecular complexity index is 1190. The molecule has 2 unspecified atom stereocenters. The monoisotopic (exact) mass is 676 g/mol. The largest absolute Gasteiger partial charge is 0.444 e. The molecule has 12 nitrogen and oxygen atoms in total. The van der Waals surface area contributed by atoms with Crippen molar-refractivity contribution in [3.8, 4) is 0 Å². The molecule has 1 heterocycles. The predicted molar refractivity (Wildman–Crippen MR) is 189 cm³/mol. The number of hydrogen-bond donors (Lipinski definition) is 4. The first-order valence-electron chi connectivity index (χ1n) is 17.4. The summed E-state index contributed by atoms with van der Waals surface area (Å²) in [4.78, 5) is 52.0. The van der Waals surface area contributed by atoms with Crippen LogP contribution in [-0.4, -0.2) is 88.9 Å². The van der Waals surface area contributed by atoms with Crippen LogP contribution in [0.15, 0.2) is 24.3 Å². The van der Waals surface area contributed by atoms with Crippen LogP contribution in [0, 0.1) is 0 Å². The minimum atomic E-state index is -0.632. The summed E-state index contributed by atoms with van der Waals surface area (Å²) in [5.74, 6) is 5.88. The average Bonchev–Trinajstić information content (AvgIpc) is 3.18. The number of fused-ring (bicyclic) bond motifs is 1. The minimum absolute atomic E-state index is 0.257. The summed E-state index contributed by atoms with van der Waals surface area (Å²) in [7, 11) is 0. The number of benzene rings is 1. The number of alkyl carbamates (subject to hydrolysis) is 2. The van der Waals surface area contributed by atoms with Crippen LogP contribution in [0.2, 0.25) is 0 Å². The number of hydrogen-bond acceptors (Lipinski definition) is 9. The number of rotatable bonds is 19. The molecule has 1 aliphatic rings. The Morgan fingerprint density at radius 2 is 1.31 bits per heavy atom. The number of ether oxygens (including phenoxy) is 2. The molecule has 0 bridgehead atoms. The van der Waals surface area contributed by atoms with Crippen molar-refractivity contribution in [2.45, 2.75) is 136 Å². The molecule has 0 spiro atoms. The fourth-order valence-corrected chi connectivity index (χ4v) is 5.73. The van der Waals surface area contributed by atoms with Gasteiger partial charge in [-0.05, 0) is 113 Å². The van der Waals surface area contributed by atoms with Gasteiger partial charge in [0.15, 0.2) is 0 Å². The van der Waals surface area contributed by atoms with Crippen LogP contribution >= 0.6 is 0 Å². The topological polar surface area (TPSA) is 155 Å². The molecule has 0 aromatic heterocycles. The molecule has 2 atom stereocenters. The molecule has 48 heavy (non-hydrogen) atoms. The van der Waals surface area contributed by atoms with Gasteiger partial charge >= 0.3 is 12.2 Å². The van der Waals surface area contributed by atoms with E-state index in [0.717, 1.165) is 38.6 Å². The third kappa shape index (κ3) is 14.5. The molecule has 5 N–H and O–H groups in total. The molecule has 0 radical (unpaired) electrons. The predicted octanol–water partition coefficient (Wildman–Crippen LogP) is 5.76. The Hall–Kier alpha value is -3.22. The highest BCUT2D eigenvalue weighted by molar-refractivity contribution is 6.21. The smallest absolute Gasteiger partial charge is 0.408 e. The van der Waals surface area contributed by atoms with E-state index in [1.54, 1.807) is 29.3 Å². The number of hydrazine groups is 1. The molecule has 0 fully saturated rings. The summed E-state index contributed by atoms with van der Waals surface area (Å²) in [6, 6.07) is 6.89. The number of carbonyl (C=O) groups excluding carboxylic acids is 4. The van der Waals surface area contributed by atoms with Crippen molar-refractivity contribution in [3.63, 3.8) is 0 Å². The number of nitrogens with two attached hydrogens (primary N) is 1. The zero-order valence-electron chi connectivity index (χ0n) is 30.9. The maximum atomic E-state index is 12.7. The Kier molecular flexibility index (Phi) is 15.3. The van der Waals surface area contributed by atoms with Gasteiger partial charge in [-0.3, -0.25) is 20.3 Å². The van der Waals surface area contributed by atoms with Gasteiger partial charge in [0, 0.05) is 26.2 Å². The first kappa shape index (κ1) is 41.0. The van der Waals surface area contributed by atoms with E-state index in [9.17, 15) is 19.2 Å². The normalized spacial score (nSPS) is 15.9. The van der Waals surface area contributed by atoms with E-state index < -0.39 is 34.5 Å². The number of nitrogens with zero attached hydrogens (tertiary/aromatic N) is 2. The molecule has 0 saturated heterocycles. The molecule has 272 valence electrons. The standard InChI is InChI=1S/C36H62N6O6/c1-10-11-20-36(9,40-32(46)48-34(5,6)7)26-41(37)23-17-15-22-38-25-35(8,39-31(45)47-33(2,3)4)21-14-16-24-42-29(43)27-18-12-13-19-28(27)30(42)44/h12-13,18-19,38H,10-11,14-17,20-26,37H2,1-9H3,(H,39,45)(H,40,46)/i38+2. The maximum Gasteiger partial charge on any atom is 0.408 e. The number of carbonyl (C=O) groups is 4. The van der Waals surface area contributed by atoms with E-state index in [2.05, 4.69) is 22.9 Å². The van der Waals surface area contributed by atoms with Crippen LogP contribution in [-0.2, 0) is 9.47 Å². The first-order valence-corrected chi connectivity index (χ1v) is 17.4. The Morgan fingerprint density at radius 3 is 1.83 bits per heavy atom. The van der Waals surface area contributed by atoms with Gasteiger partial charge in [-0.2, -0.15) is 0 Å². The second-order valence-electron chi connectivity index (χ2n) is 15.6. The number of amides is 4. The van der Waals surface area contributed by atoms with Gasteiger partial charge in [0.25, 0.3) is 11.8 Å². The second-order valence-corrected chi connectivity index (χ2v) is 15.6. The quantitative estimate of drug-likeness (QED) is 0.0620. The van der Waals surface area contributed by atoms with Crippen molar-refractivity contribution in [1.29, 1.82) is 0 Å². The third-order valence-corrected chi connectivity index (χ3v) is 8.04. The van der Waals surface area contributed by atoms with Crippen LogP contribution in [0.3, 0.4) is 0 Å². The van der Waals surface area contributed by atoms with Crippen molar-refractivity contribution in [1.82, 2.24) is 25.9 Å². The molecule has 0 aliphatic carbocycles. The van der Waals surface area contributed by atoms with Gasteiger partial charge in [0.1, 0.15) is 11.2 Å². The SMILES string of the molecule is CCCCC(C)(CN(N)CCCC[16NH]CC(C)(CCCCN1C(=O)c2ccccc2C1=O)NC(=O)OC(C)(C)C)NC(=O)OC(C)(C)C. The highest BCUT2D eigenvalue weighted by Crippen LogP contribution is 2.24. The Morgan fingerprint density at radius 1 is 0.792 bits per heavy atom. The van der Waals surface area contributed by atoms with Gasteiger partial charge < -0.3 is 25.4 Å². The lowest BCUT2D eigenvalue weighted by Gasteiger charge is -2.35.